The lowest BCUT2D eigenvalue weighted by Gasteiger charge is -2.25. The standard InChI is InChI=1S/C19H23FN2O3S/c1-14-7-6-8-15(2)19(14)22(26(3,24)25)13-18(23)21-12-11-16-9-4-5-10-17(16)20/h4-10H,11-13H2,1-3H3,(H,21,23). The minimum absolute atomic E-state index is 0.226. The van der Waals surface area contributed by atoms with Crippen molar-refractivity contribution in [2.75, 3.05) is 23.7 Å². The number of halogens is 1. The van der Waals surface area contributed by atoms with Crippen molar-refractivity contribution in [1.29, 1.82) is 0 Å². The van der Waals surface area contributed by atoms with Crippen LogP contribution in [0.5, 0.6) is 0 Å². The number of nitrogens with one attached hydrogen (secondary N) is 1. The van der Waals surface area contributed by atoms with Crippen LogP contribution in [0.2, 0.25) is 0 Å². The fourth-order valence-corrected chi connectivity index (χ4v) is 3.76. The molecule has 2 rings (SSSR count). The predicted molar refractivity (Wildman–Crippen MR) is 101 cm³/mol. The van der Waals surface area contributed by atoms with Gasteiger partial charge >= 0.3 is 0 Å². The zero-order valence-electron chi connectivity index (χ0n) is 15.1. The number of aryl methyl sites for hydroxylation is 2. The lowest BCUT2D eigenvalue weighted by atomic mass is 10.1. The van der Waals surface area contributed by atoms with Crippen molar-refractivity contribution in [2.24, 2.45) is 0 Å². The monoisotopic (exact) mass is 378 g/mol. The number of para-hydroxylation sites is 1. The first kappa shape index (κ1) is 19.9. The van der Waals surface area contributed by atoms with Crippen molar-refractivity contribution in [3.63, 3.8) is 0 Å². The van der Waals surface area contributed by atoms with E-state index in [0.717, 1.165) is 21.7 Å². The zero-order chi connectivity index (χ0) is 19.3. The summed E-state index contributed by atoms with van der Waals surface area (Å²) in [7, 11) is -3.63. The first-order chi connectivity index (χ1) is 12.2. The molecule has 0 unspecified atom stereocenters. The molecule has 0 aliphatic heterocycles. The first-order valence-electron chi connectivity index (χ1n) is 8.24. The van der Waals surface area contributed by atoms with E-state index in [1.165, 1.54) is 6.07 Å². The Labute approximate surface area is 153 Å². The largest absolute Gasteiger partial charge is 0.354 e. The predicted octanol–water partition coefficient (Wildman–Crippen LogP) is 2.57. The van der Waals surface area contributed by atoms with Gasteiger partial charge in [0.05, 0.1) is 11.9 Å². The third-order valence-electron chi connectivity index (χ3n) is 4.05. The van der Waals surface area contributed by atoms with Gasteiger partial charge in [-0.05, 0) is 43.0 Å². The van der Waals surface area contributed by atoms with Crippen LogP contribution in [0.15, 0.2) is 42.5 Å². The number of carbonyl (C=O) groups excluding carboxylic acids is 1. The minimum atomic E-state index is -3.63. The van der Waals surface area contributed by atoms with Crippen molar-refractivity contribution in [3.8, 4) is 0 Å². The molecular weight excluding hydrogens is 355 g/mol. The number of sulfonamides is 1. The molecule has 0 saturated carbocycles. The Bertz CT molecular complexity index is 877. The third-order valence-corrected chi connectivity index (χ3v) is 5.16. The molecule has 0 spiro atoms. The fraction of sp³-hybridized carbons (Fsp3) is 0.316. The molecule has 0 saturated heterocycles. The molecule has 0 aliphatic carbocycles. The number of hydrogen-bond acceptors (Lipinski definition) is 3. The molecule has 1 amide bonds. The van der Waals surface area contributed by atoms with Crippen LogP contribution in [0, 0.1) is 19.7 Å². The average molecular weight is 378 g/mol. The van der Waals surface area contributed by atoms with E-state index in [-0.39, 0.29) is 18.9 Å². The first-order valence-corrected chi connectivity index (χ1v) is 10.1. The zero-order valence-corrected chi connectivity index (χ0v) is 15.9. The summed E-state index contributed by atoms with van der Waals surface area (Å²) >= 11 is 0. The molecular formula is C19H23FN2O3S. The molecule has 0 fully saturated rings. The Balaban J connectivity index is 2.07. The van der Waals surface area contributed by atoms with Gasteiger partial charge in [-0.2, -0.15) is 0 Å². The highest BCUT2D eigenvalue weighted by Crippen LogP contribution is 2.26. The van der Waals surface area contributed by atoms with Gasteiger partial charge in [-0.15, -0.1) is 0 Å². The van der Waals surface area contributed by atoms with Gasteiger partial charge in [-0.1, -0.05) is 36.4 Å². The molecule has 0 aliphatic rings. The van der Waals surface area contributed by atoms with Crippen molar-refractivity contribution < 1.29 is 17.6 Å². The van der Waals surface area contributed by atoms with Gasteiger partial charge in [0, 0.05) is 6.54 Å². The Hall–Kier alpha value is -2.41. The molecule has 2 aromatic carbocycles. The summed E-state index contributed by atoms with van der Waals surface area (Å²) in [4.78, 5) is 12.3. The number of amides is 1. The molecule has 0 bridgehead atoms. The SMILES string of the molecule is Cc1cccc(C)c1N(CC(=O)NCCc1ccccc1F)S(C)(=O)=O. The van der Waals surface area contributed by atoms with Gasteiger partial charge < -0.3 is 5.32 Å². The van der Waals surface area contributed by atoms with E-state index in [1.54, 1.807) is 44.2 Å². The lowest BCUT2D eigenvalue weighted by Crippen LogP contribution is -2.41. The maximum atomic E-state index is 13.6. The average Bonchev–Trinajstić information content (AvgIpc) is 2.54. The van der Waals surface area contributed by atoms with Gasteiger partial charge in [-0.3, -0.25) is 9.10 Å². The van der Waals surface area contributed by atoms with Crippen LogP contribution < -0.4 is 9.62 Å². The second-order valence-corrected chi connectivity index (χ2v) is 8.11. The maximum Gasteiger partial charge on any atom is 0.240 e. The van der Waals surface area contributed by atoms with E-state index in [9.17, 15) is 17.6 Å². The van der Waals surface area contributed by atoms with Gasteiger partial charge in [0.1, 0.15) is 12.4 Å². The molecule has 140 valence electrons. The van der Waals surface area contributed by atoms with Gasteiger partial charge in [0.15, 0.2) is 0 Å². The van der Waals surface area contributed by atoms with E-state index in [2.05, 4.69) is 5.32 Å². The van der Waals surface area contributed by atoms with Crippen LogP contribution >= 0.6 is 0 Å². The van der Waals surface area contributed by atoms with E-state index < -0.39 is 15.9 Å². The molecule has 0 aromatic heterocycles. The smallest absolute Gasteiger partial charge is 0.240 e. The lowest BCUT2D eigenvalue weighted by molar-refractivity contribution is -0.119. The molecule has 0 heterocycles. The van der Waals surface area contributed by atoms with Crippen molar-refractivity contribution >= 4 is 21.6 Å². The molecule has 2 aromatic rings. The summed E-state index contributed by atoms with van der Waals surface area (Å²) < 4.78 is 39.1. The molecule has 0 atom stereocenters. The summed E-state index contributed by atoms with van der Waals surface area (Å²) in [6.45, 7) is 3.51. The summed E-state index contributed by atoms with van der Waals surface area (Å²) in [6.07, 6.45) is 1.41. The quantitative estimate of drug-likeness (QED) is 0.805. The van der Waals surface area contributed by atoms with Crippen LogP contribution in [0.3, 0.4) is 0 Å². The highest BCUT2D eigenvalue weighted by atomic mass is 32.2. The second-order valence-electron chi connectivity index (χ2n) is 6.20. The highest BCUT2D eigenvalue weighted by Gasteiger charge is 2.23. The Morgan fingerprint density at radius 3 is 2.27 bits per heavy atom. The second kappa shape index (κ2) is 8.31. The van der Waals surface area contributed by atoms with Crippen molar-refractivity contribution in [1.82, 2.24) is 5.32 Å². The van der Waals surface area contributed by atoms with Crippen LogP contribution in [0.25, 0.3) is 0 Å². The fourth-order valence-electron chi connectivity index (χ4n) is 2.79. The number of carbonyl (C=O) groups is 1. The Morgan fingerprint density at radius 2 is 1.69 bits per heavy atom. The van der Waals surface area contributed by atoms with Gasteiger partial charge in [0.25, 0.3) is 0 Å². The molecule has 5 nitrogen and oxygen atoms in total. The minimum Gasteiger partial charge on any atom is -0.354 e. The van der Waals surface area contributed by atoms with E-state index in [1.807, 2.05) is 6.07 Å². The van der Waals surface area contributed by atoms with Gasteiger partial charge in [0.2, 0.25) is 15.9 Å². The number of nitrogens with zero attached hydrogens (tertiary/aromatic N) is 1. The normalized spacial score (nSPS) is 11.2. The van der Waals surface area contributed by atoms with E-state index >= 15 is 0 Å². The summed E-state index contributed by atoms with van der Waals surface area (Å²) in [5.41, 5.74) is 2.56. The molecule has 26 heavy (non-hydrogen) atoms. The maximum absolute atomic E-state index is 13.6. The molecule has 1 N–H and O–H groups in total. The van der Waals surface area contributed by atoms with E-state index in [0.29, 0.717) is 17.7 Å². The summed E-state index contributed by atoms with van der Waals surface area (Å²) in [6, 6.07) is 11.8. The summed E-state index contributed by atoms with van der Waals surface area (Å²) in [5, 5.41) is 2.66. The van der Waals surface area contributed by atoms with Gasteiger partial charge in [-0.25, -0.2) is 12.8 Å². The highest BCUT2D eigenvalue weighted by molar-refractivity contribution is 7.92. The number of hydrogen-bond donors (Lipinski definition) is 1. The number of anilines is 1. The van der Waals surface area contributed by atoms with Crippen LogP contribution in [0.4, 0.5) is 10.1 Å². The molecule has 0 radical (unpaired) electrons. The van der Waals surface area contributed by atoms with Crippen LogP contribution in [-0.4, -0.2) is 33.7 Å². The van der Waals surface area contributed by atoms with Crippen LogP contribution in [-0.2, 0) is 21.2 Å². The Morgan fingerprint density at radius 1 is 1.08 bits per heavy atom. The summed E-state index contributed by atoms with van der Waals surface area (Å²) in [5.74, 6) is -0.760. The van der Waals surface area contributed by atoms with E-state index in [4.69, 9.17) is 0 Å². The number of rotatable bonds is 7. The van der Waals surface area contributed by atoms with Crippen molar-refractivity contribution in [3.05, 3.63) is 65.0 Å². The Kier molecular flexibility index (Phi) is 6.37. The molecule has 7 heteroatoms. The van der Waals surface area contributed by atoms with Crippen LogP contribution in [0.1, 0.15) is 16.7 Å². The van der Waals surface area contributed by atoms with Crippen molar-refractivity contribution in [2.45, 2.75) is 20.3 Å². The number of benzene rings is 2. The topological polar surface area (TPSA) is 66.5 Å². The third kappa shape index (κ3) is 5.05.